The van der Waals surface area contributed by atoms with Gasteiger partial charge in [0.25, 0.3) is 10.0 Å². The number of benzene rings is 2. The van der Waals surface area contributed by atoms with Crippen molar-refractivity contribution in [1.29, 1.82) is 0 Å². The summed E-state index contributed by atoms with van der Waals surface area (Å²) in [4.78, 5) is 11.5. The van der Waals surface area contributed by atoms with E-state index in [1.54, 1.807) is 12.1 Å². The van der Waals surface area contributed by atoms with Crippen LogP contribution < -0.4 is 13.8 Å². The van der Waals surface area contributed by atoms with Gasteiger partial charge in [0.2, 0.25) is 0 Å². The lowest BCUT2D eigenvalue weighted by molar-refractivity contribution is 0.0600. The number of carbonyl (C=O) groups excluding carboxylic acids is 1. The SMILES string of the molecule is COC(=O)c1ccc(Cl)c(S(=O)(=O)N(C)c2ccc(OC)c(OC)c2)c1. The van der Waals surface area contributed by atoms with Crippen LogP contribution in [-0.4, -0.2) is 42.8 Å². The lowest BCUT2D eigenvalue weighted by Crippen LogP contribution is -2.27. The van der Waals surface area contributed by atoms with Crippen LogP contribution in [0.4, 0.5) is 5.69 Å². The largest absolute Gasteiger partial charge is 0.493 e. The molecule has 0 radical (unpaired) electrons. The number of rotatable bonds is 6. The van der Waals surface area contributed by atoms with Crippen molar-refractivity contribution in [2.24, 2.45) is 0 Å². The van der Waals surface area contributed by atoms with Crippen LogP contribution in [0.15, 0.2) is 41.3 Å². The van der Waals surface area contributed by atoms with Crippen LogP contribution in [0, 0.1) is 0 Å². The summed E-state index contributed by atoms with van der Waals surface area (Å²) in [6.45, 7) is 0. The van der Waals surface area contributed by atoms with Crippen molar-refractivity contribution in [2.45, 2.75) is 4.90 Å². The average molecular weight is 400 g/mol. The fourth-order valence-corrected chi connectivity index (χ4v) is 3.94. The highest BCUT2D eigenvalue weighted by molar-refractivity contribution is 7.93. The van der Waals surface area contributed by atoms with Gasteiger partial charge in [0.05, 0.1) is 37.6 Å². The van der Waals surface area contributed by atoms with Crippen molar-refractivity contribution in [2.75, 3.05) is 32.7 Å². The molecule has 0 amide bonds. The summed E-state index contributed by atoms with van der Waals surface area (Å²) in [5.74, 6) is 0.182. The van der Waals surface area contributed by atoms with E-state index in [1.165, 1.54) is 52.6 Å². The van der Waals surface area contributed by atoms with Crippen molar-refractivity contribution >= 4 is 33.3 Å². The Kier molecular flexibility index (Phi) is 5.99. The molecule has 0 atom stereocenters. The fraction of sp³-hybridized carbons (Fsp3) is 0.235. The summed E-state index contributed by atoms with van der Waals surface area (Å²) < 4.78 is 42.0. The Balaban J connectivity index is 2.52. The monoisotopic (exact) mass is 399 g/mol. The molecule has 0 unspecified atom stereocenters. The van der Waals surface area contributed by atoms with E-state index in [2.05, 4.69) is 4.74 Å². The lowest BCUT2D eigenvalue weighted by atomic mass is 10.2. The Morgan fingerprint density at radius 1 is 1.00 bits per heavy atom. The van der Waals surface area contributed by atoms with Crippen LogP contribution in [0.25, 0.3) is 0 Å². The summed E-state index contributed by atoms with van der Waals surface area (Å²) >= 11 is 6.06. The highest BCUT2D eigenvalue weighted by atomic mass is 35.5. The Morgan fingerprint density at radius 3 is 2.23 bits per heavy atom. The van der Waals surface area contributed by atoms with Gasteiger partial charge in [-0.15, -0.1) is 0 Å². The van der Waals surface area contributed by atoms with E-state index in [1.807, 2.05) is 0 Å². The quantitative estimate of drug-likeness (QED) is 0.694. The zero-order valence-electron chi connectivity index (χ0n) is 14.6. The molecule has 0 spiro atoms. The molecule has 2 aromatic carbocycles. The molecule has 0 saturated carbocycles. The topological polar surface area (TPSA) is 82.1 Å². The Morgan fingerprint density at radius 2 is 1.65 bits per heavy atom. The summed E-state index contributed by atoms with van der Waals surface area (Å²) in [6.07, 6.45) is 0. The van der Waals surface area contributed by atoms with E-state index in [0.29, 0.717) is 17.2 Å². The van der Waals surface area contributed by atoms with Gasteiger partial charge in [-0.1, -0.05) is 11.6 Å². The highest BCUT2D eigenvalue weighted by Gasteiger charge is 2.26. The van der Waals surface area contributed by atoms with E-state index < -0.39 is 16.0 Å². The van der Waals surface area contributed by atoms with Gasteiger partial charge in [0.15, 0.2) is 11.5 Å². The second-order valence-electron chi connectivity index (χ2n) is 5.15. The molecular formula is C17H18ClNO6S. The second kappa shape index (κ2) is 7.84. The summed E-state index contributed by atoms with van der Waals surface area (Å²) in [7, 11) is 1.48. The Hall–Kier alpha value is -2.45. The third-order valence-electron chi connectivity index (χ3n) is 3.72. The molecule has 0 aliphatic carbocycles. The zero-order valence-corrected chi connectivity index (χ0v) is 16.2. The first kappa shape index (κ1) is 19.9. The van der Waals surface area contributed by atoms with Gasteiger partial charge in [0, 0.05) is 13.1 Å². The van der Waals surface area contributed by atoms with Crippen LogP contribution in [-0.2, 0) is 14.8 Å². The minimum absolute atomic E-state index is 0.00928. The van der Waals surface area contributed by atoms with Gasteiger partial charge >= 0.3 is 5.97 Å². The number of carbonyl (C=O) groups is 1. The van der Waals surface area contributed by atoms with Crippen molar-refractivity contribution in [3.8, 4) is 11.5 Å². The van der Waals surface area contributed by atoms with Crippen LogP contribution in [0.2, 0.25) is 5.02 Å². The number of ether oxygens (including phenoxy) is 3. The number of nitrogens with zero attached hydrogens (tertiary/aromatic N) is 1. The fourth-order valence-electron chi connectivity index (χ4n) is 2.25. The summed E-state index contributed by atoms with van der Waals surface area (Å²) in [5.41, 5.74) is 0.415. The van der Waals surface area contributed by atoms with Crippen LogP contribution in [0.3, 0.4) is 0 Å². The van der Waals surface area contributed by atoms with Crippen molar-refractivity contribution in [3.63, 3.8) is 0 Å². The standard InChI is InChI=1S/C17H18ClNO6S/c1-19(12-6-8-14(23-2)15(10-12)24-3)26(21,22)16-9-11(17(20)25-4)5-7-13(16)18/h5-10H,1-4H3. The first-order valence-electron chi connectivity index (χ1n) is 7.35. The molecule has 0 heterocycles. The predicted octanol–water partition coefficient (Wildman–Crippen LogP) is 2.97. The number of anilines is 1. The van der Waals surface area contributed by atoms with E-state index in [9.17, 15) is 13.2 Å². The molecule has 0 aromatic heterocycles. The maximum atomic E-state index is 13.0. The molecule has 0 N–H and O–H groups in total. The molecule has 0 bridgehead atoms. The highest BCUT2D eigenvalue weighted by Crippen LogP contribution is 2.34. The molecule has 0 fully saturated rings. The number of sulfonamides is 1. The Labute approximate surface area is 157 Å². The van der Waals surface area contributed by atoms with Crippen molar-refractivity contribution in [3.05, 3.63) is 47.0 Å². The Bertz CT molecular complexity index is 929. The molecule has 0 aliphatic heterocycles. The molecule has 2 rings (SSSR count). The van der Waals surface area contributed by atoms with Gasteiger partial charge < -0.3 is 14.2 Å². The maximum absolute atomic E-state index is 13.0. The van der Waals surface area contributed by atoms with Gasteiger partial charge in [-0.05, 0) is 30.3 Å². The number of hydrogen-bond donors (Lipinski definition) is 0. The number of halogens is 1. The van der Waals surface area contributed by atoms with E-state index >= 15 is 0 Å². The normalized spacial score (nSPS) is 11.0. The smallest absolute Gasteiger partial charge is 0.337 e. The third-order valence-corrected chi connectivity index (χ3v) is 5.99. The summed E-state index contributed by atoms with van der Waals surface area (Å²) in [5, 5.41) is -0.00928. The van der Waals surface area contributed by atoms with Gasteiger partial charge in [-0.25, -0.2) is 13.2 Å². The summed E-state index contributed by atoms with van der Waals surface area (Å²) in [6, 6.07) is 8.59. The van der Waals surface area contributed by atoms with Crippen LogP contribution in [0.1, 0.15) is 10.4 Å². The first-order chi connectivity index (χ1) is 12.3. The zero-order chi connectivity index (χ0) is 19.5. The first-order valence-corrected chi connectivity index (χ1v) is 9.17. The molecule has 7 nitrogen and oxygen atoms in total. The minimum atomic E-state index is -4.03. The van der Waals surface area contributed by atoms with Crippen molar-refractivity contribution < 1.29 is 27.4 Å². The molecule has 2 aromatic rings. The third kappa shape index (κ3) is 3.71. The minimum Gasteiger partial charge on any atom is -0.493 e. The van der Waals surface area contributed by atoms with Crippen LogP contribution >= 0.6 is 11.6 Å². The molecular weight excluding hydrogens is 382 g/mol. The lowest BCUT2D eigenvalue weighted by Gasteiger charge is -2.21. The number of methoxy groups -OCH3 is 3. The molecule has 140 valence electrons. The molecule has 0 aliphatic rings. The van der Waals surface area contributed by atoms with Gasteiger partial charge in [-0.2, -0.15) is 0 Å². The van der Waals surface area contributed by atoms with E-state index in [-0.39, 0.29) is 15.5 Å². The van der Waals surface area contributed by atoms with E-state index in [0.717, 1.165) is 4.31 Å². The maximum Gasteiger partial charge on any atom is 0.337 e. The van der Waals surface area contributed by atoms with E-state index in [4.69, 9.17) is 21.1 Å². The molecule has 9 heteroatoms. The number of hydrogen-bond acceptors (Lipinski definition) is 6. The van der Waals surface area contributed by atoms with Gasteiger partial charge in [0.1, 0.15) is 4.90 Å². The van der Waals surface area contributed by atoms with Gasteiger partial charge in [-0.3, -0.25) is 4.31 Å². The average Bonchev–Trinajstić information content (AvgIpc) is 2.66. The predicted molar refractivity (Wildman–Crippen MR) is 97.9 cm³/mol. The molecule has 26 heavy (non-hydrogen) atoms. The van der Waals surface area contributed by atoms with Crippen LogP contribution in [0.5, 0.6) is 11.5 Å². The second-order valence-corrected chi connectivity index (χ2v) is 7.49. The van der Waals surface area contributed by atoms with Crippen molar-refractivity contribution in [1.82, 2.24) is 0 Å². The molecule has 0 saturated heterocycles. The number of esters is 1.